The van der Waals surface area contributed by atoms with E-state index in [9.17, 15) is 4.79 Å². The van der Waals surface area contributed by atoms with E-state index in [2.05, 4.69) is 43.1 Å². The second-order valence-corrected chi connectivity index (χ2v) is 10.2. The Morgan fingerprint density at radius 1 is 1.14 bits per heavy atom. The highest BCUT2D eigenvalue weighted by Gasteiger charge is 2.44. The van der Waals surface area contributed by atoms with Gasteiger partial charge in [0.15, 0.2) is 5.16 Å². The molecule has 0 unspecified atom stereocenters. The minimum atomic E-state index is -0.116. The number of fused-ring (bicyclic) bond motifs is 3. The molecule has 1 N–H and O–H groups in total. The molecule has 0 saturated heterocycles. The van der Waals surface area contributed by atoms with Crippen molar-refractivity contribution in [3.8, 4) is 11.3 Å². The number of rotatable bonds is 7. The van der Waals surface area contributed by atoms with Gasteiger partial charge in [-0.15, -0.1) is 0 Å². The first kappa shape index (κ1) is 20.7. The van der Waals surface area contributed by atoms with E-state index in [1.165, 1.54) is 63.4 Å². The van der Waals surface area contributed by atoms with Gasteiger partial charge >= 0.3 is 0 Å². The number of benzene rings is 1. The van der Waals surface area contributed by atoms with Crippen molar-refractivity contribution in [2.45, 2.75) is 88.6 Å². The summed E-state index contributed by atoms with van der Waals surface area (Å²) >= 11 is 1.70. The summed E-state index contributed by atoms with van der Waals surface area (Å²) in [6.45, 7) is 4.56. The Bertz CT molecular complexity index is 900. The molecule has 1 heterocycles. The van der Waals surface area contributed by atoms with Crippen molar-refractivity contribution in [2.24, 2.45) is 5.92 Å². The lowest BCUT2D eigenvalue weighted by Crippen LogP contribution is -2.43. The van der Waals surface area contributed by atoms with Gasteiger partial charge in [0.05, 0.1) is 11.3 Å². The zero-order valence-electron chi connectivity index (χ0n) is 17.9. The smallest absolute Gasteiger partial charge is 0.255 e. The average Bonchev–Trinajstić information content (AvgIpc) is 2.74. The first-order valence-corrected chi connectivity index (χ1v) is 12.5. The molecular weight excluding hydrogens is 376 g/mol. The minimum Gasteiger partial charge on any atom is -0.301 e. The van der Waals surface area contributed by atoms with Crippen molar-refractivity contribution >= 4 is 11.8 Å². The van der Waals surface area contributed by atoms with Crippen molar-refractivity contribution in [3.05, 3.63) is 45.7 Å². The zero-order valence-corrected chi connectivity index (χ0v) is 18.7. The topological polar surface area (TPSA) is 45.8 Å². The molecule has 2 aliphatic rings. The van der Waals surface area contributed by atoms with E-state index in [4.69, 9.17) is 4.98 Å². The van der Waals surface area contributed by atoms with Crippen LogP contribution in [0.3, 0.4) is 0 Å². The Labute approximate surface area is 179 Å². The Balaban J connectivity index is 1.71. The Morgan fingerprint density at radius 3 is 2.72 bits per heavy atom. The van der Waals surface area contributed by atoms with E-state index in [0.29, 0.717) is 5.92 Å². The van der Waals surface area contributed by atoms with Crippen LogP contribution in [0.4, 0.5) is 0 Å². The number of unbranched alkanes of at least 4 members (excludes halogenated alkanes) is 3. The molecule has 4 heteroatoms. The second-order valence-electron chi connectivity index (χ2n) is 9.09. The number of H-pyrrole nitrogens is 1. The number of aromatic amines is 1. The largest absolute Gasteiger partial charge is 0.301 e. The Kier molecular flexibility index (Phi) is 6.48. The molecule has 0 radical (unpaired) electrons. The minimum absolute atomic E-state index is 0.0913. The molecule has 1 saturated carbocycles. The molecule has 1 aromatic carbocycles. The van der Waals surface area contributed by atoms with Crippen LogP contribution in [-0.2, 0) is 11.8 Å². The van der Waals surface area contributed by atoms with Crippen molar-refractivity contribution in [2.75, 3.05) is 5.75 Å². The maximum atomic E-state index is 13.4. The molecule has 1 atom stereocenters. The molecule has 4 rings (SSSR count). The Morgan fingerprint density at radius 2 is 1.93 bits per heavy atom. The van der Waals surface area contributed by atoms with Crippen LogP contribution in [0.2, 0.25) is 0 Å². The fourth-order valence-corrected chi connectivity index (χ4v) is 6.28. The first-order valence-electron chi connectivity index (χ1n) is 11.5. The van der Waals surface area contributed by atoms with Crippen LogP contribution in [0.5, 0.6) is 0 Å². The summed E-state index contributed by atoms with van der Waals surface area (Å²) in [5.41, 5.74) is 4.38. The highest BCUT2D eigenvalue weighted by atomic mass is 32.2. The predicted molar refractivity (Wildman–Crippen MR) is 123 cm³/mol. The van der Waals surface area contributed by atoms with Crippen LogP contribution in [0.25, 0.3) is 11.3 Å². The van der Waals surface area contributed by atoms with Crippen molar-refractivity contribution in [1.29, 1.82) is 0 Å². The van der Waals surface area contributed by atoms with E-state index in [1.807, 2.05) is 0 Å². The van der Waals surface area contributed by atoms with Gasteiger partial charge in [-0.05, 0) is 37.2 Å². The lowest BCUT2D eigenvalue weighted by atomic mass is 9.60. The first-order chi connectivity index (χ1) is 14.1. The lowest BCUT2D eigenvalue weighted by molar-refractivity contribution is 0.213. The third-order valence-corrected chi connectivity index (χ3v) is 8.00. The third kappa shape index (κ3) is 4.19. The summed E-state index contributed by atoms with van der Waals surface area (Å²) < 4.78 is 0. The van der Waals surface area contributed by atoms with Gasteiger partial charge in [0.25, 0.3) is 5.56 Å². The number of nitrogens with one attached hydrogen (secondary N) is 1. The SMILES string of the molecule is CCCCCCSc1nc2c(c(=O)[nH]1)[C@@](C)(C1CCCCC1)Cc1ccccc1-2. The molecular formula is C25H34N2OS. The van der Waals surface area contributed by atoms with Crippen LogP contribution in [0, 0.1) is 5.92 Å². The molecule has 0 amide bonds. The van der Waals surface area contributed by atoms with Gasteiger partial charge in [-0.3, -0.25) is 4.79 Å². The van der Waals surface area contributed by atoms with E-state index < -0.39 is 0 Å². The maximum Gasteiger partial charge on any atom is 0.255 e. The summed E-state index contributed by atoms with van der Waals surface area (Å²) in [6.07, 6.45) is 12.3. The van der Waals surface area contributed by atoms with Crippen LogP contribution in [-0.4, -0.2) is 15.7 Å². The highest BCUT2D eigenvalue weighted by molar-refractivity contribution is 7.99. The number of hydrogen-bond donors (Lipinski definition) is 1. The third-order valence-electron chi connectivity index (χ3n) is 7.04. The molecule has 0 spiro atoms. The maximum absolute atomic E-state index is 13.4. The van der Waals surface area contributed by atoms with Crippen LogP contribution >= 0.6 is 11.8 Å². The molecule has 1 aromatic heterocycles. The second kappa shape index (κ2) is 9.07. The molecule has 2 aromatic rings. The lowest BCUT2D eigenvalue weighted by Gasteiger charge is -2.43. The number of hydrogen-bond acceptors (Lipinski definition) is 3. The normalized spacial score (nSPS) is 21.6. The zero-order chi connectivity index (χ0) is 20.3. The molecule has 3 nitrogen and oxygen atoms in total. The summed E-state index contributed by atoms with van der Waals surface area (Å²) in [5, 5.41) is 0.785. The highest BCUT2D eigenvalue weighted by Crippen LogP contribution is 2.48. The molecule has 156 valence electrons. The fourth-order valence-electron chi connectivity index (χ4n) is 5.42. The molecule has 1 fully saturated rings. The predicted octanol–water partition coefficient (Wildman–Crippen LogP) is 6.50. The monoisotopic (exact) mass is 410 g/mol. The average molecular weight is 411 g/mol. The number of nitrogens with zero attached hydrogens (tertiary/aromatic N) is 1. The van der Waals surface area contributed by atoms with Crippen molar-refractivity contribution < 1.29 is 0 Å². The van der Waals surface area contributed by atoms with Crippen molar-refractivity contribution in [3.63, 3.8) is 0 Å². The van der Waals surface area contributed by atoms with Gasteiger partial charge in [-0.1, -0.05) is 88.4 Å². The van der Waals surface area contributed by atoms with Gasteiger partial charge in [-0.25, -0.2) is 4.98 Å². The quantitative estimate of drug-likeness (QED) is 0.322. The van der Waals surface area contributed by atoms with Crippen LogP contribution in [0.15, 0.2) is 34.2 Å². The molecule has 0 bridgehead atoms. The molecule has 29 heavy (non-hydrogen) atoms. The summed E-state index contributed by atoms with van der Waals surface area (Å²) in [6, 6.07) is 8.59. The fraction of sp³-hybridized carbons (Fsp3) is 0.600. The summed E-state index contributed by atoms with van der Waals surface area (Å²) in [4.78, 5) is 21.6. The number of aromatic nitrogens is 2. The Hall–Kier alpha value is -1.55. The van der Waals surface area contributed by atoms with Gasteiger partial charge in [0.1, 0.15) is 0 Å². The van der Waals surface area contributed by atoms with E-state index >= 15 is 0 Å². The van der Waals surface area contributed by atoms with Gasteiger partial charge in [0, 0.05) is 16.7 Å². The van der Waals surface area contributed by atoms with Crippen LogP contribution in [0.1, 0.15) is 82.8 Å². The molecule has 0 aliphatic heterocycles. The van der Waals surface area contributed by atoms with Gasteiger partial charge in [0.2, 0.25) is 0 Å². The van der Waals surface area contributed by atoms with Crippen LogP contribution < -0.4 is 5.56 Å². The van der Waals surface area contributed by atoms with Crippen molar-refractivity contribution in [1.82, 2.24) is 9.97 Å². The van der Waals surface area contributed by atoms with E-state index in [0.717, 1.165) is 34.2 Å². The standard InChI is InChI=1S/C25H34N2OS/c1-3-4-5-11-16-29-24-26-22-20-15-10-9-12-18(20)17-25(2,21(22)23(28)27-24)19-13-7-6-8-14-19/h9-10,12,15,19H,3-8,11,13-14,16-17H2,1-2H3,(H,26,27,28)/t25-/m1/s1. The molecule has 2 aliphatic carbocycles. The van der Waals surface area contributed by atoms with Gasteiger partial charge < -0.3 is 4.98 Å². The van der Waals surface area contributed by atoms with Gasteiger partial charge in [-0.2, -0.15) is 0 Å². The number of thioether (sulfide) groups is 1. The van der Waals surface area contributed by atoms with E-state index in [1.54, 1.807) is 11.8 Å². The summed E-state index contributed by atoms with van der Waals surface area (Å²) in [7, 11) is 0. The van der Waals surface area contributed by atoms with E-state index in [-0.39, 0.29) is 11.0 Å². The summed E-state index contributed by atoms with van der Waals surface area (Å²) in [5.74, 6) is 1.59.